The molecule has 0 saturated heterocycles. The molecule has 0 radical (unpaired) electrons. The molecule has 3 aromatic rings. The van der Waals surface area contributed by atoms with Crippen LogP contribution in [-0.2, 0) is 29.8 Å². The van der Waals surface area contributed by atoms with Gasteiger partial charge in [0.15, 0.2) is 11.2 Å². The van der Waals surface area contributed by atoms with Crippen LogP contribution in [0.15, 0.2) is 33.9 Å². The van der Waals surface area contributed by atoms with Crippen molar-refractivity contribution in [3.05, 3.63) is 45.1 Å². The Morgan fingerprint density at radius 2 is 1.74 bits per heavy atom. The molecule has 0 saturated carbocycles. The van der Waals surface area contributed by atoms with Crippen LogP contribution in [0.4, 0.5) is 13.2 Å². The van der Waals surface area contributed by atoms with E-state index in [0.717, 1.165) is 27.3 Å². The molecule has 0 fully saturated rings. The molecule has 38 heavy (non-hydrogen) atoms. The standard InChI is InChI=1S/C23H31F3N4O7Si/c1-28-19-18(20(32)29(22(28)33)8-10-34-11-9-31)30(15-35-12-13-38(2,3)4)21(27-19)36-16-6-5-7-17(14-16)37-23(24,25)26/h5-7,14,31H,8-13,15H2,1-4H3. The van der Waals surface area contributed by atoms with E-state index in [1.54, 1.807) is 0 Å². The lowest BCUT2D eigenvalue weighted by molar-refractivity contribution is -0.274. The molecule has 3 rings (SSSR count). The maximum Gasteiger partial charge on any atom is 0.573 e. The van der Waals surface area contributed by atoms with Gasteiger partial charge in [-0.1, -0.05) is 25.7 Å². The first-order chi connectivity index (χ1) is 17.8. The van der Waals surface area contributed by atoms with Crippen LogP contribution >= 0.6 is 0 Å². The normalized spacial score (nSPS) is 12.3. The molecule has 0 bridgehead atoms. The first kappa shape index (κ1) is 29.4. The van der Waals surface area contributed by atoms with Crippen LogP contribution in [0.2, 0.25) is 25.7 Å². The summed E-state index contributed by atoms with van der Waals surface area (Å²) in [5, 5.41) is 8.88. The third kappa shape index (κ3) is 7.69. The predicted octanol–water partition coefficient (Wildman–Crippen LogP) is 2.91. The number of halogens is 3. The van der Waals surface area contributed by atoms with Crippen LogP contribution in [-0.4, -0.2) is 64.7 Å². The van der Waals surface area contributed by atoms with Crippen molar-refractivity contribution >= 4 is 19.2 Å². The number of hydrogen-bond acceptors (Lipinski definition) is 8. The van der Waals surface area contributed by atoms with Crippen molar-refractivity contribution in [3.63, 3.8) is 0 Å². The number of aliphatic hydroxyl groups excluding tert-OH is 1. The van der Waals surface area contributed by atoms with Gasteiger partial charge in [0.2, 0.25) is 0 Å². The molecule has 0 unspecified atom stereocenters. The van der Waals surface area contributed by atoms with Gasteiger partial charge in [0, 0.05) is 27.8 Å². The lowest BCUT2D eigenvalue weighted by Gasteiger charge is -2.16. The highest BCUT2D eigenvalue weighted by Gasteiger charge is 2.31. The number of aromatic nitrogens is 4. The largest absolute Gasteiger partial charge is 0.573 e. The Morgan fingerprint density at radius 1 is 1.03 bits per heavy atom. The van der Waals surface area contributed by atoms with Gasteiger partial charge in [-0.2, -0.15) is 4.98 Å². The quantitative estimate of drug-likeness (QED) is 0.250. The van der Waals surface area contributed by atoms with E-state index in [0.29, 0.717) is 6.61 Å². The Bertz CT molecular complexity index is 1360. The Morgan fingerprint density at radius 3 is 2.39 bits per heavy atom. The minimum absolute atomic E-state index is 0.0113. The third-order valence-corrected chi connectivity index (χ3v) is 7.06. The average molecular weight is 561 g/mol. The van der Waals surface area contributed by atoms with Crippen molar-refractivity contribution in [1.82, 2.24) is 18.7 Å². The van der Waals surface area contributed by atoms with Gasteiger partial charge in [-0.25, -0.2) is 4.79 Å². The van der Waals surface area contributed by atoms with E-state index >= 15 is 0 Å². The van der Waals surface area contributed by atoms with E-state index < -0.39 is 31.4 Å². The van der Waals surface area contributed by atoms with Gasteiger partial charge in [-0.3, -0.25) is 18.5 Å². The van der Waals surface area contributed by atoms with Crippen LogP contribution in [0.5, 0.6) is 17.5 Å². The van der Waals surface area contributed by atoms with Gasteiger partial charge in [0.05, 0.1) is 26.4 Å². The number of aryl methyl sites for hydroxylation is 1. The zero-order valence-electron chi connectivity index (χ0n) is 21.6. The molecule has 210 valence electrons. The zero-order valence-corrected chi connectivity index (χ0v) is 22.6. The van der Waals surface area contributed by atoms with Crippen molar-refractivity contribution in [3.8, 4) is 17.5 Å². The van der Waals surface area contributed by atoms with Crippen molar-refractivity contribution in [2.24, 2.45) is 7.05 Å². The van der Waals surface area contributed by atoms with Crippen LogP contribution < -0.4 is 20.7 Å². The van der Waals surface area contributed by atoms with Gasteiger partial charge < -0.3 is 24.1 Å². The molecule has 1 aromatic carbocycles. The number of alkyl halides is 3. The molecule has 0 amide bonds. The topological polar surface area (TPSA) is 119 Å². The molecular weight excluding hydrogens is 529 g/mol. The highest BCUT2D eigenvalue weighted by molar-refractivity contribution is 6.76. The molecule has 2 aromatic heterocycles. The highest BCUT2D eigenvalue weighted by Crippen LogP contribution is 2.29. The molecule has 0 atom stereocenters. The number of hydrogen-bond donors (Lipinski definition) is 1. The Labute approximate surface area is 216 Å². The molecule has 2 heterocycles. The number of benzene rings is 1. The Hall–Kier alpha value is -3.14. The first-order valence-corrected chi connectivity index (χ1v) is 15.5. The van der Waals surface area contributed by atoms with E-state index in [1.165, 1.54) is 23.7 Å². The summed E-state index contributed by atoms with van der Waals surface area (Å²) >= 11 is 0. The summed E-state index contributed by atoms with van der Waals surface area (Å²) in [5.74, 6) is -0.533. The zero-order chi connectivity index (χ0) is 28.1. The van der Waals surface area contributed by atoms with Crippen molar-refractivity contribution in [2.45, 2.75) is 45.3 Å². The van der Waals surface area contributed by atoms with Gasteiger partial charge >= 0.3 is 18.1 Å². The lowest BCUT2D eigenvalue weighted by Crippen LogP contribution is -2.40. The predicted molar refractivity (Wildman–Crippen MR) is 134 cm³/mol. The summed E-state index contributed by atoms with van der Waals surface area (Å²) in [6.45, 7) is 6.58. The molecule has 11 nitrogen and oxygen atoms in total. The molecule has 0 aliphatic carbocycles. The number of imidazole rings is 1. The van der Waals surface area contributed by atoms with Crippen molar-refractivity contribution in [1.29, 1.82) is 0 Å². The third-order valence-electron chi connectivity index (χ3n) is 5.36. The second kappa shape index (κ2) is 12.1. The van der Waals surface area contributed by atoms with Crippen LogP contribution in [0.3, 0.4) is 0 Å². The maximum atomic E-state index is 13.4. The Kier molecular flexibility index (Phi) is 9.40. The maximum absolute atomic E-state index is 13.4. The van der Waals surface area contributed by atoms with Crippen LogP contribution in [0, 0.1) is 0 Å². The highest BCUT2D eigenvalue weighted by atomic mass is 28.3. The van der Waals surface area contributed by atoms with Crippen LogP contribution in [0.25, 0.3) is 11.2 Å². The SMILES string of the molecule is Cn1c(=O)n(CCOCCO)c(=O)c2c1nc(Oc1cccc(OC(F)(F)F)c1)n2COCC[Si](C)(C)C. The summed E-state index contributed by atoms with van der Waals surface area (Å²) in [6, 6.07) is 5.54. The van der Waals surface area contributed by atoms with E-state index in [2.05, 4.69) is 29.4 Å². The molecular formula is C23H31F3N4O7Si. The molecule has 1 N–H and O–H groups in total. The molecule has 0 aliphatic rings. The fourth-order valence-electron chi connectivity index (χ4n) is 3.44. The van der Waals surface area contributed by atoms with Crippen molar-refractivity contribution in [2.75, 3.05) is 26.4 Å². The first-order valence-electron chi connectivity index (χ1n) is 11.8. The van der Waals surface area contributed by atoms with Crippen molar-refractivity contribution < 1.29 is 37.2 Å². The number of rotatable bonds is 13. The van der Waals surface area contributed by atoms with E-state index in [9.17, 15) is 22.8 Å². The molecule has 15 heteroatoms. The van der Waals surface area contributed by atoms with Gasteiger partial charge in [-0.05, 0) is 18.2 Å². The summed E-state index contributed by atoms with van der Waals surface area (Å²) in [4.78, 5) is 30.6. The van der Waals surface area contributed by atoms with Gasteiger partial charge in [-0.15, -0.1) is 13.2 Å². The second-order valence-corrected chi connectivity index (χ2v) is 15.2. The van der Waals surface area contributed by atoms with Gasteiger partial charge in [0.25, 0.3) is 5.56 Å². The summed E-state index contributed by atoms with van der Waals surface area (Å²) < 4.78 is 62.2. The minimum Gasteiger partial charge on any atom is -0.425 e. The van der Waals surface area contributed by atoms with E-state index in [1.807, 2.05) is 0 Å². The monoisotopic (exact) mass is 560 g/mol. The number of ether oxygens (including phenoxy) is 4. The fraction of sp³-hybridized carbons (Fsp3) is 0.522. The van der Waals surface area contributed by atoms with Gasteiger partial charge in [0.1, 0.15) is 18.2 Å². The van der Waals surface area contributed by atoms with Crippen LogP contribution in [0.1, 0.15) is 0 Å². The number of fused-ring (bicyclic) bond motifs is 1. The smallest absolute Gasteiger partial charge is 0.425 e. The minimum atomic E-state index is -4.89. The number of aliphatic hydroxyl groups is 1. The lowest BCUT2D eigenvalue weighted by atomic mass is 10.3. The Balaban J connectivity index is 2.04. The van der Waals surface area contributed by atoms with E-state index in [4.69, 9.17) is 19.3 Å². The van der Waals surface area contributed by atoms with E-state index in [-0.39, 0.29) is 56.0 Å². The summed E-state index contributed by atoms with van der Waals surface area (Å²) in [6.07, 6.45) is -4.89. The fourth-order valence-corrected chi connectivity index (χ4v) is 4.20. The average Bonchev–Trinajstić information content (AvgIpc) is 3.16. The summed E-state index contributed by atoms with van der Waals surface area (Å²) in [7, 11) is 0.00912. The summed E-state index contributed by atoms with van der Waals surface area (Å²) in [5.41, 5.74) is -1.29. The number of nitrogens with zero attached hydrogens (tertiary/aromatic N) is 4. The molecule has 0 spiro atoms. The molecule has 0 aliphatic heterocycles. The second-order valence-electron chi connectivity index (χ2n) is 9.60.